The van der Waals surface area contributed by atoms with E-state index in [0.717, 1.165) is 0 Å². The molecule has 1 saturated carbocycles. The van der Waals surface area contributed by atoms with E-state index >= 15 is 0 Å². The summed E-state index contributed by atoms with van der Waals surface area (Å²) in [6.07, 6.45) is 1.24. The third-order valence-electron chi connectivity index (χ3n) is 5.49. The molecule has 1 saturated heterocycles. The fraction of sp³-hybridized carbons (Fsp3) is 0.867. The number of carbonyl (C=O) groups is 2. The van der Waals surface area contributed by atoms with E-state index in [-0.39, 0.29) is 35.2 Å². The van der Waals surface area contributed by atoms with Gasteiger partial charge in [0.15, 0.2) is 0 Å². The Labute approximate surface area is 125 Å². The van der Waals surface area contributed by atoms with Gasteiger partial charge in [0.05, 0.1) is 18.1 Å². The van der Waals surface area contributed by atoms with E-state index in [0.29, 0.717) is 25.8 Å². The van der Waals surface area contributed by atoms with Crippen LogP contribution in [0.3, 0.4) is 0 Å². The average Bonchev–Trinajstić information content (AvgIpc) is 2.81. The van der Waals surface area contributed by atoms with Crippen LogP contribution in [0.25, 0.3) is 0 Å². The summed E-state index contributed by atoms with van der Waals surface area (Å²) in [4.78, 5) is 23.6. The Morgan fingerprint density at radius 3 is 2.48 bits per heavy atom. The van der Waals surface area contributed by atoms with Gasteiger partial charge in [-0.25, -0.2) is 0 Å². The van der Waals surface area contributed by atoms with Gasteiger partial charge < -0.3 is 20.8 Å². The average molecular weight is 298 g/mol. The van der Waals surface area contributed by atoms with Crippen molar-refractivity contribution in [2.24, 2.45) is 17.3 Å². The zero-order valence-electron chi connectivity index (χ0n) is 12.9. The van der Waals surface area contributed by atoms with Crippen molar-refractivity contribution in [1.29, 1.82) is 0 Å². The number of carboxylic acid groups (broad SMARTS) is 1. The predicted molar refractivity (Wildman–Crippen MR) is 77.7 cm³/mol. The Bertz CT molecular complexity index is 424. The van der Waals surface area contributed by atoms with E-state index in [1.165, 1.54) is 0 Å². The number of aliphatic carboxylic acids is 1. The number of carboxylic acids is 1. The van der Waals surface area contributed by atoms with Gasteiger partial charge in [0, 0.05) is 12.6 Å². The molecular formula is C15H26N2O4. The summed E-state index contributed by atoms with van der Waals surface area (Å²) in [6.45, 7) is 6.39. The third kappa shape index (κ3) is 3.21. The minimum atomic E-state index is -0.753. The zero-order chi connectivity index (χ0) is 15.8. The molecule has 5 atom stereocenters. The molecule has 0 aromatic carbocycles. The molecule has 0 spiro atoms. The van der Waals surface area contributed by atoms with E-state index in [1.54, 1.807) is 0 Å². The number of rotatable bonds is 3. The van der Waals surface area contributed by atoms with Gasteiger partial charge >= 0.3 is 5.97 Å². The quantitative estimate of drug-likeness (QED) is 0.603. The van der Waals surface area contributed by atoms with Gasteiger partial charge in [0.1, 0.15) is 0 Å². The molecule has 21 heavy (non-hydrogen) atoms. The molecule has 1 aliphatic carbocycles. The number of carbonyl (C=O) groups excluding carboxylic acids is 1. The van der Waals surface area contributed by atoms with Crippen LogP contribution < -0.4 is 10.6 Å². The van der Waals surface area contributed by atoms with E-state index in [1.807, 2.05) is 20.8 Å². The minimum Gasteiger partial charge on any atom is -0.481 e. The molecule has 1 aliphatic heterocycles. The van der Waals surface area contributed by atoms with Crippen LogP contribution in [0.4, 0.5) is 0 Å². The smallest absolute Gasteiger partial charge is 0.307 e. The number of hydrogen-bond acceptors (Lipinski definition) is 4. The second-order valence-corrected chi connectivity index (χ2v) is 7.04. The molecular weight excluding hydrogens is 272 g/mol. The van der Waals surface area contributed by atoms with Gasteiger partial charge in [0.25, 0.3) is 0 Å². The van der Waals surface area contributed by atoms with Gasteiger partial charge in [-0.3, -0.25) is 9.59 Å². The van der Waals surface area contributed by atoms with Crippen molar-refractivity contribution in [2.45, 2.75) is 58.2 Å². The van der Waals surface area contributed by atoms with Crippen molar-refractivity contribution in [3.05, 3.63) is 0 Å². The summed E-state index contributed by atoms with van der Waals surface area (Å²) >= 11 is 0. The van der Waals surface area contributed by atoms with Crippen LogP contribution in [0, 0.1) is 17.3 Å². The summed E-state index contributed by atoms with van der Waals surface area (Å²) in [6, 6.07) is -0.352. The van der Waals surface area contributed by atoms with Gasteiger partial charge in [0.2, 0.25) is 5.91 Å². The van der Waals surface area contributed by atoms with E-state index in [4.69, 9.17) is 0 Å². The fourth-order valence-electron chi connectivity index (χ4n) is 3.64. The molecule has 6 nitrogen and oxygen atoms in total. The maximum Gasteiger partial charge on any atom is 0.307 e. The number of β-amino-alcohol motifs (C(OH)–C–C–N with tert-alkyl or cyclic N) is 1. The van der Waals surface area contributed by atoms with E-state index in [2.05, 4.69) is 10.6 Å². The highest BCUT2D eigenvalue weighted by Gasteiger charge is 2.47. The Morgan fingerprint density at radius 1 is 1.29 bits per heavy atom. The molecule has 5 unspecified atom stereocenters. The van der Waals surface area contributed by atoms with Crippen molar-refractivity contribution in [3.63, 3.8) is 0 Å². The Hall–Kier alpha value is -1.14. The SMILES string of the molecule is CC1C(NC(=O)C2CC(O)CN2)CCC(C(=O)O)C1(C)C. The van der Waals surface area contributed by atoms with Crippen molar-refractivity contribution >= 4 is 11.9 Å². The predicted octanol–water partition coefficient (Wildman–Crippen LogP) is 0.351. The molecule has 0 radical (unpaired) electrons. The Kier molecular flexibility index (Phi) is 4.58. The number of nitrogens with one attached hydrogen (secondary N) is 2. The molecule has 120 valence electrons. The Morgan fingerprint density at radius 2 is 1.95 bits per heavy atom. The number of aliphatic hydroxyl groups excluding tert-OH is 1. The normalized spacial score (nSPS) is 39.0. The molecule has 0 bridgehead atoms. The first-order valence-corrected chi connectivity index (χ1v) is 7.68. The molecule has 6 heteroatoms. The summed E-state index contributed by atoms with van der Waals surface area (Å²) in [5.41, 5.74) is -0.356. The lowest BCUT2D eigenvalue weighted by molar-refractivity contribution is -0.150. The van der Waals surface area contributed by atoms with Crippen molar-refractivity contribution < 1.29 is 19.8 Å². The van der Waals surface area contributed by atoms with Crippen LogP contribution in [0.2, 0.25) is 0 Å². The van der Waals surface area contributed by atoms with Gasteiger partial charge in [-0.1, -0.05) is 20.8 Å². The molecule has 0 aromatic heterocycles. The molecule has 0 aromatic rings. The first kappa shape index (κ1) is 16.2. The number of aliphatic hydroxyl groups is 1. The summed E-state index contributed by atoms with van der Waals surface area (Å²) < 4.78 is 0. The van der Waals surface area contributed by atoms with Gasteiger partial charge in [-0.2, -0.15) is 0 Å². The van der Waals surface area contributed by atoms with Crippen LogP contribution in [0.5, 0.6) is 0 Å². The maximum absolute atomic E-state index is 12.2. The minimum absolute atomic E-state index is 0.0114. The third-order valence-corrected chi connectivity index (χ3v) is 5.49. The highest BCUT2D eigenvalue weighted by Crippen LogP contribution is 2.45. The molecule has 2 rings (SSSR count). The highest BCUT2D eigenvalue weighted by molar-refractivity contribution is 5.82. The fourth-order valence-corrected chi connectivity index (χ4v) is 3.64. The second-order valence-electron chi connectivity index (χ2n) is 7.04. The van der Waals surface area contributed by atoms with Crippen LogP contribution in [-0.4, -0.2) is 46.8 Å². The number of hydrogen-bond donors (Lipinski definition) is 4. The summed E-state index contributed by atoms with van der Waals surface area (Å²) in [7, 11) is 0. The largest absolute Gasteiger partial charge is 0.481 e. The van der Waals surface area contributed by atoms with E-state index < -0.39 is 12.1 Å². The first-order chi connectivity index (χ1) is 9.73. The zero-order valence-corrected chi connectivity index (χ0v) is 12.9. The van der Waals surface area contributed by atoms with Crippen LogP contribution in [0.1, 0.15) is 40.0 Å². The van der Waals surface area contributed by atoms with Gasteiger partial charge in [-0.15, -0.1) is 0 Å². The first-order valence-electron chi connectivity index (χ1n) is 7.68. The maximum atomic E-state index is 12.2. The lowest BCUT2D eigenvalue weighted by atomic mass is 9.61. The number of amides is 1. The standard InChI is InChI=1S/C15H26N2O4/c1-8-11(5-4-10(14(20)21)15(8,2)3)17-13(19)12-6-9(18)7-16-12/h8-12,16,18H,4-7H2,1-3H3,(H,17,19)(H,20,21). The molecule has 1 heterocycles. The molecule has 2 aliphatic rings. The topological polar surface area (TPSA) is 98.7 Å². The summed E-state index contributed by atoms with van der Waals surface area (Å²) in [5.74, 6) is -1.13. The van der Waals surface area contributed by atoms with E-state index in [9.17, 15) is 19.8 Å². The Balaban J connectivity index is 1.99. The molecule has 2 fully saturated rings. The molecule has 1 amide bonds. The lowest BCUT2D eigenvalue weighted by Crippen LogP contribution is -2.55. The summed E-state index contributed by atoms with van der Waals surface area (Å²) in [5, 5.41) is 24.9. The second kappa shape index (κ2) is 5.93. The van der Waals surface area contributed by atoms with Gasteiger partial charge in [-0.05, 0) is 30.6 Å². The highest BCUT2D eigenvalue weighted by atomic mass is 16.4. The monoisotopic (exact) mass is 298 g/mol. The molecule has 4 N–H and O–H groups in total. The van der Waals surface area contributed by atoms with Crippen molar-refractivity contribution in [1.82, 2.24) is 10.6 Å². The lowest BCUT2D eigenvalue weighted by Gasteiger charge is -2.46. The van der Waals surface area contributed by atoms with Crippen LogP contribution in [-0.2, 0) is 9.59 Å². The van der Waals surface area contributed by atoms with Crippen LogP contribution >= 0.6 is 0 Å². The van der Waals surface area contributed by atoms with Crippen molar-refractivity contribution in [3.8, 4) is 0 Å². The van der Waals surface area contributed by atoms with Crippen molar-refractivity contribution in [2.75, 3.05) is 6.54 Å². The van der Waals surface area contributed by atoms with Crippen LogP contribution in [0.15, 0.2) is 0 Å².